The normalized spacial score (nSPS) is 19.8. The predicted molar refractivity (Wildman–Crippen MR) is 40.3 cm³/mol. The number of hydrogen-bond donors (Lipinski definition) is 3. The highest BCUT2D eigenvalue weighted by molar-refractivity contribution is 7.59. The molecular weight excluding hydrogens is 192 g/mol. The highest BCUT2D eigenvalue weighted by Gasteiger charge is 2.19. The lowest BCUT2D eigenvalue weighted by Gasteiger charge is -2.05. The smallest absolute Gasteiger partial charge is 0.338 e. The third kappa shape index (κ3) is 6.28. The van der Waals surface area contributed by atoms with Crippen molar-refractivity contribution < 1.29 is 23.2 Å². The topological polar surface area (TPSA) is 110 Å². The van der Waals surface area contributed by atoms with Crippen LogP contribution in [0.1, 0.15) is 0 Å². The van der Waals surface area contributed by atoms with Crippen LogP contribution in [0, 0.1) is 0 Å². The Morgan fingerprint density at radius 2 is 2.27 bits per heavy atom. The van der Waals surface area contributed by atoms with Gasteiger partial charge in [0.1, 0.15) is 0 Å². The lowest BCUT2D eigenvalue weighted by atomic mass is 10.7. The molecule has 0 aliphatic carbocycles. The lowest BCUT2D eigenvalue weighted by Crippen LogP contribution is -1.87. The summed E-state index contributed by atoms with van der Waals surface area (Å²) in [7, 11) is -7.31. The second kappa shape index (κ2) is 4.70. The van der Waals surface area contributed by atoms with Crippen LogP contribution in [0.25, 0.3) is 0 Å². The fraction of sp³-hybridized carbons (Fsp3) is 0.333. The third-order valence-electron chi connectivity index (χ3n) is 0.693. The van der Waals surface area contributed by atoms with E-state index in [-0.39, 0.29) is 6.16 Å². The van der Waals surface area contributed by atoms with Gasteiger partial charge in [-0.15, -0.1) is 0 Å². The van der Waals surface area contributed by atoms with Gasteiger partial charge >= 0.3 is 15.9 Å². The van der Waals surface area contributed by atoms with Crippen molar-refractivity contribution in [3.8, 4) is 0 Å². The zero-order valence-corrected chi connectivity index (χ0v) is 7.40. The molecule has 0 aromatic heterocycles. The number of nitrogens with two attached hydrogens (primary N) is 1. The van der Waals surface area contributed by atoms with Gasteiger partial charge in [-0.1, -0.05) is 6.08 Å². The summed E-state index contributed by atoms with van der Waals surface area (Å²) < 4.78 is 24.5. The van der Waals surface area contributed by atoms with Gasteiger partial charge in [0.05, 0.1) is 6.16 Å². The summed E-state index contributed by atoms with van der Waals surface area (Å²) in [5, 5.41) is 0. The van der Waals surface area contributed by atoms with Crippen LogP contribution < -0.4 is 5.73 Å². The van der Waals surface area contributed by atoms with E-state index >= 15 is 0 Å². The molecule has 6 nitrogen and oxygen atoms in total. The third-order valence-corrected chi connectivity index (χ3v) is 3.13. The number of rotatable bonds is 4. The van der Waals surface area contributed by atoms with Gasteiger partial charge in [-0.05, 0) is 6.20 Å². The summed E-state index contributed by atoms with van der Waals surface area (Å²) in [6.45, 7) is 0. The molecular formula is C3H9NO5P2. The number of allylic oxidation sites excluding steroid dienone is 1. The first-order chi connectivity index (χ1) is 4.98. The fourth-order valence-electron chi connectivity index (χ4n) is 0.353. The van der Waals surface area contributed by atoms with E-state index in [4.69, 9.17) is 15.5 Å². The maximum absolute atomic E-state index is 10.7. The molecule has 0 rings (SSSR count). The molecule has 0 aromatic carbocycles. The Balaban J connectivity index is 4.01. The highest BCUT2D eigenvalue weighted by atomic mass is 31.2. The predicted octanol–water partition coefficient (Wildman–Crippen LogP) is 0.0428. The maximum atomic E-state index is 10.7. The highest BCUT2D eigenvalue weighted by Crippen LogP contribution is 2.49. The Morgan fingerprint density at radius 1 is 1.73 bits per heavy atom. The fourth-order valence-corrected chi connectivity index (χ4v) is 2.02. The van der Waals surface area contributed by atoms with Crippen LogP contribution in [-0.2, 0) is 13.4 Å². The van der Waals surface area contributed by atoms with Crippen LogP contribution in [0.15, 0.2) is 12.3 Å². The van der Waals surface area contributed by atoms with Gasteiger partial charge in [0.15, 0.2) is 0 Å². The average Bonchev–Trinajstić information content (AvgIpc) is 1.81. The summed E-state index contributed by atoms with van der Waals surface area (Å²) in [4.78, 5) is 16.8. The zero-order valence-electron chi connectivity index (χ0n) is 5.51. The molecule has 11 heavy (non-hydrogen) atoms. The quantitative estimate of drug-likeness (QED) is 0.554. The van der Waals surface area contributed by atoms with Crippen molar-refractivity contribution in [2.24, 2.45) is 5.73 Å². The standard InChI is InChI=1S/C3H9NO5P2/c4-2-1-3-11(7,8)9-10(5)6/h1-2,10H,3-4H2,(H,5,6)(H,7,8). The van der Waals surface area contributed by atoms with E-state index < -0.39 is 15.9 Å². The van der Waals surface area contributed by atoms with Crippen molar-refractivity contribution in [1.29, 1.82) is 0 Å². The van der Waals surface area contributed by atoms with Gasteiger partial charge < -0.3 is 15.5 Å². The van der Waals surface area contributed by atoms with E-state index in [0.29, 0.717) is 0 Å². The van der Waals surface area contributed by atoms with E-state index in [2.05, 4.69) is 4.31 Å². The molecule has 0 amide bonds. The van der Waals surface area contributed by atoms with Gasteiger partial charge in [-0.3, -0.25) is 9.13 Å². The second-order valence-corrected chi connectivity index (χ2v) is 4.51. The summed E-state index contributed by atoms with van der Waals surface area (Å²) in [6.07, 6.45) is 1.87. The monoisotopic (exact) mass is 201 g/mol. The minimum absolute atomic E-state index is 0.361. The molecule has 0 spiro atoms. The maximum Gasteiger partial charge on any atom is 0.338 e. The van der Waals surface area contributed by atoms with Crippen LogP contribution in [-0.4, -0.2) is 15.9 Å². The Morgan fingerprint density at radius 3 is 2.64 bits per heavy atom. The zero-order chi connectivity index (χ0) is 8.91. The number of hydrogen-bond acceptors (Lipinski definition) is 4. The van der Waals surface area contributed by atoms with Crippen molar-refractivity contribution in [2.75, 3.05) is 6.16 Å². The van der Waals surface area contributed by atoms with Crippen molar-refractivity contribution in [2.45, 2.75) is 0 Å². The first-order valence-electron chi connectivity index (χ1n) is 2.59. The minimum Gasteiger partial charge on any atom is -0.405 e. The van der Waals surface area contributed by atoms with Crippen molar-refractivity contribution in [1.82, 2.24) is 0 Å². The molecule has 0 aliphatic heterocycles. The molecule has 8 heteroatoms. The van der Waals surface area contributed by atoms with Crippen LogP contribution in [0.3, 0.4) is 0 Å². The van der Waals surface area contributed by atoms with Gasteiger partial charge in [0.2, 0.25) is 0 Å². The van der Waals surface area contributed by atoms with Crippen molar-refractivity contribution >= 4 is 15.9 Å². The molecule has 0 saturated heterocycles. The summed E-state index contributed by atoms with van der Waals surface area (Å²) in [5.74, 6) is 0. The largest absolute Gasteiger partial charge is 0.405 e. The van der Waals surface area contributed by atoms with Crippen LogP contribution >= 0.6 is 15.9 Å². The van der Waals surface area contributed by atoms with Gasteiger partial charge in [-0.25, -0.2) is 4.31 Å². The van der Waals surface area contributed by atoms with Crippen LogP contribution in [0.4, 0.5) is 0 Å². The average molecular weight is 201 g/mol. The van der Waals surface area contributed by atoms with Gasteiger partial charge in [0, 0.05) is 0 Å². The summed E-state index contributed by atoms with van der Waals surface area (Å²) >= 11 is 0. The van der Waals surface area contributed by atoms with E-state index in [1.54, 1.807) is 0 Å². The second-order valence-electron chi connectivity index (χ2n) is 1.61. The van der Waals surface area contributed by atoms with E-state index in [1.807, 2.05) is 0 Å². The molecule has 2 unspecified atom stereocenters. The molecule has 0 aromatic rings. The van der Waals surface area contributed by atoms with Gasteiger partial charge in [-0.2, -0.15) is 0 Å². The van der Waals surface area contributed by atoms with E-state index in [1.165, 1.54) is 6.08 Å². The molecule has 0 saturated carbocycles. The molecule has 0 radical (unpaired) electrons. The summed E-state index contributed by atoms with van der Waals surface area (Å²) in [6, 6.07) is 0. The van der Waals surface area contributed by atoms with Crippen molar-refractivity contribution in [3.63, 3.8) is 0 Å². The molecule has 0 bridgehead atoms. The first kappa shape index (κ1) is 10.9. The molecule has 0 aliphatic rings. The Bertz CT molecular complexity index is 214. The Kier molecular flexibility index (Phi) is 4.65. The summed E-state index contributed by atoms with van der Waals surface area (Å²) in [5.41, 5.74) is 4.87. The molecule has 0 fully saturated rings. The van der Waals surface area contributed by atoms with E-state index in [0.717, 1.165) is 6.20 Å². The van der Waals surface area contributed by atoms with Gasteiger partial charge in [0.25, 0.3) is 0 Å². The molecule has 66 valence electrons. The Hall–Kier alpha value is -0.120. The van der Waals surface area contributed by atoms with Crippen molar-refractivity contribution in [3.05, 3.63) is 12.3 Å². The molecule has 2 atom stereocenters. The molecule has 4 N–H and O–H groups in total. The van der Waals surface area contributed by atoms with Crippen LogP contribution in [0.5, 0.6) is 0 Å². The first-order valence-corrected chi connectivity index (χ1v) is 5.61. The lowest BCUT2D eigenvalue weighted by molar-refractivity contribution is 0.353. The van der Waals surface area contributed by atoms with Crippen LogP contribution in [0.2, 0.25) is 0 Å². The SMILES string of the molecule is NC=CCP(=O)(O)O[PH](=O)O. The van der Waals surface area contributed by atoms with E-state index in [9.17, 15) is 9.13 Å². The minimum atomic E-state index is -3.95. The Labute approximate surface area is 64.2 Å². The molecule has 0 heterocycles.